The molecule has 1 fully saturated rings. The summed E-state index contributed by atoms with van der Waals surface area (Å²) in [6.45, 7) is 6.63. The highest BCUT2D eigenvalue weighted by molar-refractivity contribution is 7.13. The molecule has 0 amide bonds. The van der Waals surface area contributed by atoms with Gasteiger partial charge in [-0.05, 0) is 38.8 Å². The van der Waals surface area contributed by atoms with Crippen molar-refractivity contribution in [3.63, 3.8) is 0 Å². The van der Waals surface area contributed by atoms with Gasteiger partial charge in [0, 0.05) is 42.3 Å². The molecule has 7 nitrogen and oxygen atoms in total. The highest BCUT2D eigenvalue weighted by Crippen LogP contribution is 2.26. The summed E-state index contributed by atoms with van der Waals surface area (Å²) in [6.07, 6.45) is 1.78. The second-order valence-corrected chi connectivity index (χ2v) is 9.19. The largest absolute Gasteiger partial charge is 0.297 e. The van der Waals surface area contributed by atoms with Gasteiger partial charge < -0.3 is 0 Å². The van der Waals surface area contributed by atoms with Gasteiger partial charge in [0.2, 0.25) is 0 Å². The van der Waals surface area contributed by atoms with Crippen LogP contribution in [0.25, 0.3) is 16.4 Å². The van der Waals surface area contributed by atoms with E-state index in [9.17, 15) is 4.79 Å². The molecule has 1 aromatic carbocycles. The van der Waals surface area contributed by atoms with Crippen molar-refractivity contribution in [2.24, 2.45) is 0 Å². The third-order valence-corrected chi connectivity index (χ3v) is 6.84. The molecule has 4 aromatic rings. The average molecular weight is 447 g/mol. The predicted molar refractivity (Wildman–Crippen MR) is 126 cm³/mol. The lowest BCUT2D eigenvalue weighted by atomic mass is 10.1. The summed E-state index contributed by atoms with van der Waals surface area (Å²) in [5.74, 6) is 0.688. The molecule has 4 heterocycles. The second kappa shape index (κ2) is 8.80. The fourth-order valence-electron chi connectivity index (χ4n) is 4.29. The van der Waals surface area contributed by atoms with Gasteiger partial charge in [0.1, 0.15) is 5.01 Å². The van der Waals surface area contributed by atoms with Crippen LogP contribution < -0.4 is 5.56 Å². The SMILES string of the molecule is Cc1cc(C)n(-c2ccc(=O)n(C3CCN(Cc4csc(-c5ccccc5)n4)CC3)n2)n1. The van der Waals surface area contributed by atoms with Crippen LogP contribution in [0.15, 0.2) is 58.7 Å². The third-order valence-electron chi connectivity index (χ3n) is 5.90. The fraction of sp³-hybridized carbons (Fsp3) is 0.333. The molecule has 1 saturated heterocycles. The Morgan fingerprint density at radius 3 is 2.53 bits per heavy atom. The van der Waals surface area contributed by atoms with Crippen LogP contribution in [0.5, 0.6) is 0 Å². The molecule has 3 aromatic heterocycles. The van der Waals surface area contributed by atoms with Crippen LogP contribution >= 0.6 is 11.3 Å². The Hall–Kier alpha value is -3.10. The van der Waals surface area contributed by atoms with Gasteiger partial charge in [-0.25, -0.2) is 14.3 Å². The maximum absolute atomic E-state index is 12.6. The first kappa shape index (κ1) is 20.8. The summed E-state index contributed by atoms with van der Waals surface area (Å²) in [5.41, 5.74) is 4.16. The van der Waals surface area contributed by atoms with Crippen LogP contribution in [0, 0.1) is 13.8 Å². The van der Waals surface area contributed by atoms with Crippen LogP contribution in [0.2, 0.25) is 0 Å². The number of thiazole rings is 1. The first-order valence-corrected chi connectivity index (χ1v) is 11.8. The number of rotatable bonds is 5. The minimum Gasteiger partial charge on any atom is -0.297 e. The standard InChI is InChI=1S/C24H26N6OS/c1-17-14-18(2)29(26-17)22-8-9-23(31)30(27-22)21-10-12-28(13-11-21)15-20-16-32-24(25-20)19-6-4-3-5-7-19/h3-9,14,16,21H,10-13,15H2,1-2H3. The Bertz CT molecular complexity index is 1270. The Kier molecular flexibility index (Phi) is 5.71. The Labute approximate surface area is 191 Å². The number of hydrogen-bond acceptors (Lipinski definition) is 6. The number of aromatic nitrogens is 5. The van der Waals surface area contributed by atoms with Crippen molar-refractivity contribution in [1.82, 2.24) is 29.4 Å². The van der Waals surface area contributed by atoms with Crippen LogP contribution in [-0.4, -0.2) is 42.5 Å². The molecular formula is C24H26N6OS. The number of aryl methyl sites for hydroxylation is 2. The van der Waals surface area contributed by atoms with Gasteiger partial charge in [-0.15, -0.1) is 16.4 Å². The fourth-order valence-corrected chi connectivity index (χ4v) is 5.11. The van der Waals surface area contributed by atoms with Crippen LogP contribution in [-0.2, 0) is 6.54 Å². The molecule has 1 aliphatic heterocycles. The molecule has 0 unspecified atom stereocenters. The number of benzene rings is 1. The number of piperidine rings is 1. The molecule has 0 spiro atoms. The summed E-state index contributed by atoms with van der Waals surface area (Å²) in [5, 5.41) is 12.4. The number of nitrogens with zero attached hydrogens (tertiary/aromatic N) is 6. The van der Waals surface area contributed by atoms with E-state index < -0.39 is 0 Å². The molecular weight excluding hydrogens is 420 g/mol. The van der Waals surface area contributed by atoms with Crippen molar-refractivity contribution in [2.75, 3.05) is 13.1 Å². The lowest BCUT2D eigenvalue weighted by Crippen LogP contribution is -2.38. The zero-order valence-corrected chi connectivity index (χ0v) is 19.1. The zero-order chi connectivity index (χ0) is 22.1. The summed E-state index contributed by atoms with van der Waals surface area (Å²) in [4.78, 5) is 19.8. The van der Waals surface area contributed by atoms with Gasteiger partial charge in [0.25, 0.3) is 5.56 Å². The topological polar surface area (TPSA) is 68.8 Å². The summed E-state index contributed by atoms with van der Waals surface area (Å²) >= 11 is 1.69. The van der Waals surface area contributed by atoms with E-state index in [0.29, 0.717) is 5.82 Å². The highest BCUT2D eigenvalue weighted by atomic mass is 32.1. The van der Waals surface area contributed by atoms with E-state index in [1.54, 1.807) is 32.8 Å². The Balaban J connectivity index is 1.25. The highest BCUT2D eigenvalue weighted by Gasteiger charge is 2.23. The van der Waals surface area contributed by atoms with Crippen molar-refractivity contribution in [2.45, 2.75) is 39.3 Å². The quantitative estimate of drug-likeness (QED) is 0.463. The molecule has 0 aliphatic carbocycles. The number of likely N-dealkylation sites (tertiary alicyclic amines) is 1. The normalized spacial score (nSPS) is 15.3. The minimum atomic E-state index is -0.0549. The van der Waals surface area contributed by atoms with E-state index in [1.165, 1.54) is 0 Å². The van der Waals surface area contributed by atoms with E-state index in [-0.39, 0.29) is 11.6 Å². The van der Waals surface area contributed by atoms with Gasteiger partial charge in [-0.2, -0.15) is 5.10 Å². The molecule has 5 rings (SSSR count). The van der Waals surface area contributed by atoms with Crippen LogP contribution in [0.3, 0.4) is 0 Å². The monoisotopic (exact) mass is 446 g/mol. The van der Waals surface area contributed by atoms with Crippen molar-refractivity contribution in [3.05, 3.63) is 81.3 Å². The Morgan fingerprint density at radius 1 is 1.03 bits per heavy atom. The van der Waals surface area contributed by atoms with Gasteiger partial charge in [-0.3, -0.25) is 9.69 Å². The minimum absolute atomic E-state index is 0.0549. The molecule has 8 heteroatoms. The van der Waals surface area contributed by atoms with Gasteiger partial charge >= 0.3 is 0 Å². The molecule has 0 N–H and O–H groups in total. The van der Waals surface area contributed by atoms with Crippen molar-refractivity contribution < 1.29 is 0 Å². The van der Waals surface area contributed by atoms with E-state index >= 15 is 0 Å². The van der Waals surface area contributed by atoms with E-state index in [2.05, 4.69) is 32.6 Å². The van der Waals surface area contributed by atoms with Gasteiger partial charge in [0.05, 0.1) is 17.4 Å². The molecule has 0 saturated carbocycles. The first-order valence-electron chi connectivity index (χ1n) is 10.9. The maximum Gasteiger partial charge on any atom is 0.267 e. The lowest BCUT2D eigenvalue weighted by molar-refractivity contribution is 0.169. The third kappa shape index (κ3) is 4.28. The van der Waals surface area contributed by atoms with Gasteiger partial charge in [-0.1, -0.05) is 30.3 Å². The summed E-state index contributed by atoms with van der Waals surface area (Å²) < 4.78 is 3.45. The van der Waals surface area contributed by atoms with Crippen molar-refractivity contribution in [1.29, 1.82) is 0 Å². The van der Waals surface area contributed by atoms with Crippen LogP contribution in [0.4, 0.5) is 0 Å². The summed E-state index contributed by atoms with van der Waals surface area (Å²) in [7, 11) is 0. The van der Waals surface area contributed by atoms with Crippen LogP contribution in [0.1, 0.15) is 36.0 Å². The van der Waals surface area contributed by atoms with E-state index in [4.69, 9.17) is 4.98 Å². The van der Waals surface area contributed by atoms with E-state index in [0.717, 1.165) is 60.1 Å². The molecule has 32 heavy (non-hydrogen) atoms. The Morgan fingerprint density at radius 2 is 1.81 bits per heavy atom. The number of hydrogen-bond donors (Lipinski definition) is 0. The summed E-state index contributed by atoms with van der Waals surface area (Å²) in [6, 6.07) is 15.8. The first-order chi connectivity index (χ1) is 15.6. The zero-order valence-electron chi connectivity index (χ0n) is 18.3. The maximum atomic E-state index is 12.6. The molecule has 0 atom stereocenters. The molecule has 0 radical (unpaired) electrons. The smallest absolute Gasteiger partial charge is 0.267 e. The molecule has 0 bridgehead atoms. The van der Waals surface area contributed by atoms with Crippen molar-refractivity contribution in [3.8, 4) is 16.4 Å². The average Bonchev–Trinajstić information content (AvgIpc) is 3.41. The van der Waals surface area contributed by atoms with E-state index in [1.807, 2.05) is 38.1 Å². The predicted octanol–water partition coefficient (Wildman–Crippen LogP) is 4.01. The lowest BCUT2D eigenvalue weighted by Gasteiger charge is -2.31. The second-order valence-electron chi connectivity index (χ2n) is 8.33. The molecule has 164 valence electrons. The van der Waals surface area contributed by atoms with Crippen molar-refractivity contribution >= 4 is 11.3 Å². The molecule has 1 aliphatic rings. The van der Waals surface area contributed by atoms with Gasteiger partial charge in [0.15, 0.2) is 5.82 Å².